The standard InChI is InChI=1S/C11H14N4O5/c16-2-6-8(18)9(19)11(20-6)15-4-14-7-5(17)1-12-3-13-10(7)15/h3-4,6,8-9,11,16,18-19H,1-2H2,(H,12,13). The normalized spacial score (nSPS) is 32.9. The average molecular weight is 282 g/mol. The molecule has 2 aliphatic rings. The summed E-state index contributed by atoms with van der Waals surface area (Å²) in [6, 6.07) is 0. The Morgan fingerprint density at radius 1 is 1.45 bits per heavy atom. The van der Waals surface area contributed by atoms with Crippen molar-refractivity contribution in [3.8, 4) is 0 Å². The molecule has 1 aromatic rings. The van der Waals surface area contributed by atoms with Gasteiger partial charge in [0.2, 0.25) is 5.78 Å². The second-order valence-electron chi connectivity index (χ2n) is 4.62. The van der Waals surface area contributed by atoms with Gasteiger partial charge >= 0.3 is 0 Å². The van der Waals surface area contributed by atoms with E-state index in [2.05, 4.69) is 15.3 Å². The summed E-state index contributed by atoms with van der Waals surface area (Å²) in [5.74, 6) is 0.0813. The number of hydrogen-bond acceptors (Lipinski definition) is 8. The molecule has 0 aromatic carbocycles. The average Bonchev–Trinajstić information content (AvgIpc) is 2.92. The van der Waals surface area contributed by atoms with Crippen LogP contribution in [0.5, 0.6) is 0 Å². The molecule has 1 aromatic heterocycles. The summed E-state index contributed by atoms with van der Waals surface area (Å²) in [6.45, 7) is -0.424. The van der Waals surface area contributed by atoms with Crippen LogP contribution in [0.1, 0.15) is 16.7 Å². The fourth-order valence-corrected chi connectivity index (χ4v) is 2.32. The van der Waals surface area contributed by atoms with E-state index in [1.54, 1.807) is 0 Å². The molecular formula is C11H14N4O5. The van der Waals surface area contributed by atoms with Crippen LogP contribution in [0.3, 0.4) is 0 Å². The number of carbonyl (C=O) groups is 1. The van der Waals surface area contributed by atoms with Crippen LogP contribution < -0.4 is 5.32 Å². The van der Waals surface area contributed by atoms with Gasteiger partial charge in [0, 0.05) is 0 Å². The Kier molecular flexibility index (Phi) is 3.26. The van der Waals surface area contributed by atoms with E-state index in [4.69, 9.17) is 9.84 Å². The van der Waals surface area contributed by atoms with Crippen LogP contribution in [-0.4, -0.2) is 68.5 Å². The molecule has 2 aliphatic heterocycles. The van der Waals surface area contributed by atoms with Gasteiger partial charge in [0.25, 0.3) is 0 Å². The third-order valence-electron chi connectivity index (χ3n) is 3.38. The molecule has 0 amide bonds. The van der Waals surface area contributed by atoms with E-state index >= 15 is 0 Å². The topological polar surface area (TPSA) is 129 Å². The van der Waals surface area contributed by atoms with Crippen molar-refractivity contribution in [2.75, 3.05) is 18.5 Å². The number of nitrogens with one attached hydrogen (secondary N) is 1. The summed E-state index contributed by atoms with van der Waals surface area (Å²) in [5, 5.41) is 31.6. The Morgan fingerprint density at radius 3 is 2.95 bits per heavy atom. The number of carbonyl (C=O) groups excluding carboxylic acids is 1. The van der Waals surface area contributed by atoms with Gasteiger partial charge in [-0.25, -0.2) is 4.98 Å². The van der Waals surface area contributed by atoms with Crippen molar-refractivity contribution in [1.82, 2.24) is 9.55 Å². The molecule has 1 fully saturated rings. The number of aliphatic hydroxyl groups excluding tert-OH is 3. The van der Waals surface area contributed by atoms with Crippen molar-refractivity contribution in [2.24, 2.45) is 4.99 Å². The molecule has 0 bridgehead atoms. The van der Waals surface area contributed by atoms with Gasteiger partial charge in [-0.15, -0.1) is 0 Å². The van der Waals surface area contributed by atoms with Crippen molar-refractivity contribution in [1.29, 1.82) is 0 Å². The molecule has 0 aliphatic carbocycles. The minimum absolute atomic E-state index is 0.00696. The number of ether oxygens (including phenoxy) is 1. The van der Waals surface area contributed by atoms with E-state index in [1.807, 2.05) is 0 Å². The van der Waals surface area contributed by atoms with Gasteiger partial charge in [-0.05, 0) is 0 Å². The lowest BCUT2D eigenvalue weighted by molar-refractivity contribution is -0.0518. The molecular weight excluding hydrogens is 268 g/mol. The number of rotatable bonds is 2. The molecule has 4 unspecified atom stereocenters. The van der Waals surface area contributed by atoms with E-state index in [9.17, 15) is 15.0 Å². The van der Waals surface area contributed by atoms with Crippen LogP contribution in [0.25, 0.3) is 0 Å². The zero-order chi connectivity index (χ0) is 14.3. The maximum atomic E-state index is 11.8. The zero-order valence-electron chi connectivity index (χ0n) is 10.4. The van der Waals surface area contributed by atoms with Crippen LogP contribution in [0, 0.1) is 0 Å². The highest BCUT2D eigenvalue weighted by Crippen LogP contribution is 2.32. The van der Waals surface area contributed by atoms with Crippen molar-refractivity contribution < 1.29 is 24.9 Å². The van der Waals surface area contributed by atoms with Gasteiger partial charge in [-0.3, -0.25) is 14.4 Å². The molecule has 108 valence electrons. The number of imidazole rings is 1. The fraction of sp³-hybridized carbons (Fsp3) is 0.545. The molecule has 0 saturated carbocycles. The first-order valence-corrected chi connectivity index (χ1v) is 6.10. The first kappa shape index (κ1) is 13.2. The monoisotopic (exact) mass is 282 g/mol. The summed E-state index contributed by atoms with van der Waals surface area (Å²) in [7, 11) is 0. The Bertz CT molecular complexity index is 557. The number of ketones is 1. The van der Waals surface area contributed by atoms with Gasteiger partial charge in [0.1, 0.15) is 30.7 Å². The Balaban J connectivity index is 1.96. The Hall–Kier alpha value is -1.81. The van der Waals surface area contributed by atoms with Crippen LogP contribution in [0.2, 0.25) is 0 Å². The van der Waals surface area contributed by atoms with E-state index in [1.165, 1.54) is 17.2 Å². The van der Waals surface area contributed by atoms with E-state index in [0.717, 1.165) is 0 Å². The number of nitrogens with zero attached hydrogens (tertiary/aromatic N) is 3. The fourth-order valence-electron chi connectivity index (χ4n) is 2.32. The Labute approximate surface area is 113 Å². The number of Topliss-reactive ketones (excluding diaryl/α,β-unsaturated/α-hetero) is 1. The molecule has 0 spiro atoms. The molecule has 9 nitrogen and oxygen atoms in total. The smallest absolute Gasteiger partial charge is 0.206 e. The van der Waals surface area contributed by atoms with E-state index < -0.39 is 31.1 Å². The Morgan fingerprint density at radius 2 is 2.25 bits per heavy atom. The number of anilines is 1. The van der Waals surface area contributed by atoms with Crippen molar-refractivity contribution in [3.63, 3.8) is 0 Å². The van der Waals surface area contributed by atoms with Crippen LogP contribution in [-0.2, 0) is 4.74 Å². The van der Waals surface area contributed by atoms with Gasteiger partial charge in [-0.2, -0.15) is 0 Å². The highest BCUT2D eigenvalue weighted by Gasteiger charge is 2.44. The van der Waals surface area contributed by atoms with E-state index in [0.29, 0.717) is 5.82 Å². The summed E-state index contributed by atoms with van der Waals surface area (Å²) in [5.41, 5.74) is 0.195. The third kappa shape index (κ3) is 1.91. The largest absolute Gasteiger partial charge is 0.394 e. The van der Waals surface area contributed by atoms with Crippen molar-refractivity contribution in [2.45, 2.75) is 24.5 Å². The molecule has 0 radical (unpaired) electrons. The zero-order valence-corrected chi connectivity index (χ0v) is 10.4. The van der Waals surface area contributed by atoms with Crippen molar-refractivity contribution in [3.05, 3.63) is 12.0 Å². The molecule has 4 N–H and O–H groups in total. The first-order chi connectivity index (χ1) is 9.63. The lowest BCUT2D eigenvalue weighted by Crippen LogP contribution is -2.33. The number of aliphatic hydroxyl groups is 3. The number of aromatic nitrogens is 2. The number of hydrogen-bond donors (Lipinski definition) is 4. The summed E-state index contributed by atoms with van der Waals surface area (Å²) < 4.78 is 6.81. The van der Waals surface area contributed by atoms with Gasteiger partial charge in [-0.1, -0.05) is 0 Å². The molecule has 4 atom stereocenters. The molecule has 3 heterocycles. The number of fused-ring (bicyclic) bond motifs is 1. The summed E-state index contributed by atoms with van der Waals surface area (Å²) >= 11 is 0. The lowest BCUT2D eigenvalue weighted by atomic mass is 10.1. The lowest BCUT2D eigenvalue weighted by Gasteiger charge is -2.18. The highest BCUT2D eigenvalue weighted by atomic mass is 16.6. The molecule has 3 rings (SSSR count). The van der Waals surface area contributed by atoms with Crippen LogP contribution in [0.15, 0.2) is 11.3 Å². The van der Waals surface area contributed by atoms with E-state index in [-0.39, 0.29) is 18.0 Å². The molecule has 9 heteroatoms. The quantitative estimate of drug-likeness (QED) is 0.500. The maximum absolute atomic E-state index is 11.8. The van der Waals surface area contributed by atoms with Gasteiger partial charge < -0.3 is 25.4 Å². The predicted octanol–water partition coefficient (Wildman–Crippen LogP) is -1.87. The SMILES string of the molecule is O=C1CN=CNc2c1ncn2C1OC(CO)C(O)C1O. The highest BCUT2D eigenvalue weighted by molar-refractivity contribution is 6.04. The molecule has 20 heavy (non-hydrogen) atoms. The predicted molar refractivity (Wildman–Crippen MR) is 66.5 cm³/mol. The minimum atomic E-state index is -1.23. The van der Waals surface area contributed by atoms with Crippen molar-refractivity contribution >= 4 is 17.9 Å². The second kappa shape index (κ2) is 4.94. The molecule has 1 saturated heterocycles. The van der Waals surface area contributed by atoms with Gasteiger partial charge in [0.15, 0.2) is 11.9 Å². The second-order valence-corrected chi connectivity index (χ2v) is 4.62. The van der Waals surface area contributed by atoms with Crippen LogP contribution in [0.4, 0.5) is 5.82 Å². The summed E-state index contributed by atoms with van der Waals surface area (Å²) in [4.78, 5) is 19.6. The number of aliphatic imine (C=N–C) groups is 1. The first-order valence-electron chi connectivity index (χ1n) is 6.10. The maximum Gasteiger partial charge on any atom is 0.206 e. The van der Waals surface area contributed by atoms with Gasteiger partial charge in [0.05, 0.1) is 19.3 Å². The summed E-state index contributed by atoms with van der Waals surface area (Å²) in [6.07, 6.45) is -1.56. The van der Waals surface area contributed by atoms with Crippen LogP contribution >= 0.6 is 0 Å². The minimum Gasteiger partial charge on any atom is -0.394 e. The third-order valence-corrected chi connectivity index (χ3v) is 3.38.